The summed E-state index contributed by atoms with van der Waals surface area (Å²) in [5, 5.41) is 8.57. The summed E-state index contributed by atoms with van der Waals surface area (Å²) in [6.45, 7) is 8.38. The van der Waals surface area contributed by atoms with Crippen molar-refractivity contribution in [2.24, 2.45) is 13.0 Å². The Labute approximate surface area is 187 Å². The number of halogens is 1. The first-order valence-electron chi connectivity index (χ1n) is 10.6. The second kappa shape index (κ2) is 9.96. The summed E-state index contributed by atoms with van der Waals surface area (Å²) in [6.07, 6.45) is 4.22. The third kappa shape index (κ3) is 5.85. The molecule has 8 nitrogen and oxygen atoms in total. The molecule has 3 N–H and O–H groups in total. The number of nitrogens with one attached hydrogen (secondary N) is 3. The summed E-state index contributed by atoms with van der Waals surface area (Å²) >= 11 is 6.16. The van der Waals surface area contributed by atoms with E-state index in [9.17, 15) is 4.79 Å². The summed E-state index contributed by atoms with van der Waals surface area (Å²) < 4.78 is 1.73. The van der Waals surface area contributed by atoms with E-state index in [2.05, 4.69) is 45.1 Å². The first-order valence-corrected chi connectivity index (χ1v) is 10.9. The summed E-state index contributed by atoms with van der Waals surface area (Å²) in [7, 11) is 1.85. The number of carbonyl (C=O) groups is 1. The van der Waals surface area contributed by atoms with Gasteiger partial charge in [0.2, 0.25) is 0 Å². The highest BCUT2D eigenvalue weighted by Gasteiger charge is 2.12. The molecule has 0 bridgehead atoms. The standard InChI is InChI=1S/C22H30ClN7O/c1-6-7-13(2)8-9-16-11-17(12-18(23)24-16)25-22(31)28-27-19-10-14(3)20-15(4)29-30(5)21(20)26-19/h10-13H,6-9H2,1-5H3,(H,26,27)(H2,24,25,28,31). The third-order valence-electron chi connectivity index (χ3n) is 5.25. The molecule has 0 fully saturated rings. The molecule has 1 atom stereocenters. The largest absolute Gasteiger partial charge is 0.337 e. The van der Waals surface area contributed by atoms with Crippen LogP contribution in [0.2, 0.25) is 5.15 Å². The Morgan fingerprint density at radius 2 is 1.97 bits per heavy atom. The number of urea groups is 1. The molecule has 3 heterocycles. The SMILES string of the molecule is CCCC(C)CCc1cc(NC(=O)NNc2cc(C)c3c(C)nn(C)c3n2)cc(Cl)n1. The number of nitrogens with zero attached hydrogens (tertiary/aromatic N) is 4. The lowest BCUT2D eigenvalue weighted by Gasteiger charge is -2.12. The van der Waals surface area contributed by atoms with Crippen molar-refractivity contribution in [3.05, 3.63) is 40.3 Å². The van der Waals surface area contributed by atoms with Gasteiger partial charge in [-0.1, -0.05) is 38.3 Å². The molecule has 0 aliphatic carbocycles. The first-order chi connectivity index (χ1) is 14.8. The summed E-state index contributed by atoms with van der Waals surface area (Å²) in [4.78, 5) is 21.3. The number of hydrogen-bond acceptors (Lipinski definition) is 5. The van der Waals surface area contributed by atoms with Crippen LogP contribution in [0.15, 0.2) is 18.2 Å². The molecule has 1 unspecified atom stereocenters. The molecule has 0 radical (unpaired) electrons. The minimum Gasteiger partial charge on any atom is -0.306 e. The van der Waals surface area contributed by atoms with Crippen molar-refractivity contribution in [1.29, 1.82) is 0 Å². The van der Waals surface area contributed by atoms with Gasteiger partial charge in [0.05, 0.1) is 5.69 Å². The van der Waals surface area contributed by atoms with Crippen molar-refractivity contribution >= 4 is 40.2 Å². The topological polar surface area (TPSA) is 96.8 Å². The summed E-state index contributed by atoms with van der Waals surface area (Å²) in [5.74, 6) is 1.16. The fourth-order valence-corrected chi connectivity index (χ4v) is 4.02. The van der Waals surface area contributed by atoms with Gasteiger partial charge in [0.15, 0.2) is 5.65 Å². The number of rotatable bonds is 8. The van der Waals surface area contributed by atoms with E-state index < -0.39 is 6.03 Å². The number of carbonyl (C=O) groups excluding carboxylic acids is 1. The number of aromatic nitrogens is 4. The van der Waals surface area contributed by atoms with E-state index in [1.54, 1.807) is 10.7 Å². The van der Waals surface area contributed by atoms with Crippen LogP contribution < -0.4 is 16.2 Å². The molecular weight excluding hydrogens is 414 g/mol. The zero-order valence-corrected chi connectivity index (χ0v) is 19.5. The zero-order valence-electron chi connectivity index (χ0n) is 18.7. The Kier molecular flexibility index (Phi) is 7.33. The van der Waals surface area contributed by atoms with Gasteiger partial charge in [-0.25, -0.2) is 14.8 Å². The summed E-state index contributed by atoms with van der Waals surface area (Å²) in [5.41, 5.74) is 9.65. The Morgan fingerprint density at radius 1 is 1.19 bits per heavy atom. The predicted octanol–water partition coefficient (Wildman–Crippen LogP) is 5.15. The number of aryl methyl sites for hydroxylation is 4. The molecule has 0 aliphatic heterocycles. The third-order valence-corrected chi connectivity index (χ3v) is 5.44. The van der Waals surface area contributed by atoms with Gasteiger partial charge in [-0.3, -0.25) is 15.5 Å². The van der Waals surface area contributed by atoms with Crippen LogP contribution >= 0.6 is 11.6 Å². The maximum absolute atomic E-state index is 12.4. The minimum absolute atomic E-state index is 0.359. The monoisotopic (exact) mass is 443 g/mol. The van der Waals surface area contributed by atoms with Crippen LogP contribution in [0.3, 0.4) is 0 Å². The van der Waals surface area contributed by atoms with Gasteiger partial charge in [0.1, 0.15) is 11.0 Å². The van der Waals surface area contributed by atoms with E-state index in [1.807, 2.05) is 33.0 Å². The van der Waals surface area contributed by atoms with Crippen LogP contribution in [0.25, 0.3) is 11.0 Å². The highest BCUT2D eigenvalue weighted by atomic mass is 35.5. The molecular formula is C22H30ClN7O. The van der Waals surface area contributed by atoms with Crippen LogP contribution in [0, 0.1) is 19.8 Å². The average molecular weight is 444 g/mol. The van der Waals surface area contributed by atoms with Crippen LogP contribution in [-0.2, 0) is 13.5 Å². The molecule has 0 aliphatic rings. The Hall–Kier alpha value is -2.87. The second-order valence-electron chi connectivity index (χ2n) is 8.04. The van der Waals surface area contributed by atoms with Crippen molar-refractivity contribution in [1.82, 2.24) is 25.2 Å². The van der Waals surface area contributed by atoms with E-state index in [0.717, 1.165) is 40.8 Å². The normalized spacial score (nSPS) is 12.1. The minimum atomic E-state index is -0.423. The number of hydrazine groups is 1. The van der Waals surface area contributed by atoms with Gasteiger partial charge < -0.3 is 5.32 Å². The molecule has 0 saturated carbocycles. The van der Waals surface area contributed by atoms with Gasteiger partial charge >= 0.3 is 6.03 Å². The van der Waals surface area contributed by atoms with Crippen molar-refractivity contribution in [3.63, 3.8) is 0 Å². The molecule has 3 aromatic heterocycles. The smallest absolute Gasteiger partial charge is 0.306 e. The molecule has 9 heteroatoms. The van der Waals surface area contributed by atoms with Gasteiger partial charge in [0.25, 0.3) is 0 Å². The maximum atomic E-state index is 12.4. The first kappa shape index (κ1) is 22.8. The van der Waals surface area contributed by atoms with Crippen LogP contribution in [0.5, 0.6) is 0 Å². The van der Waals surface area contributed by atoms with E-state index in [4.69, 9.17) is 11.6 Å². The number of anilines is 2. The number of pyridine rings is 2. The predicted molar refractivity (Wildman–Crippen MR) is 125 cm³/mol. The Morgan fingerprint density at radius 3 is 2.71 bits per heavy atom. The van der Waals surface area contributed by atoms with Crippen LogP contribution in [-0.4, -0.2) is 25.8 Å². The molecule has 3 rings (SSSR count). The molecule has 2 amide bonds. The number of hydrogen-bond donors (Lipinski definition) is 3. The van der Waals surface area contributed by atoms with Gasteiger partial charge in [-0.2, -0.15) is 5.10 Å². The highest BCUT2D eigenvalue weighted by molar-refractivity contribution is 6.29. The Balaban J connectivity index is 1.62. The molecule has 166 valence electrons. The van der Waals surface area contributed by atoms with Crippen molar-refractivity contribution in [2.75, 3.05) is 10.7 Å². The van der Waals surface area contributed by atoms with Crippen LogP contribution in [0.4, 0.5) is 16.3 Å². The van der Waals surface area contributed by atoms with Gasteiger partial charge in [-0.05, 0) is 56.4 Å². The molecule has 0 saturated heterocycles. The second-order valence-corrected chi connectivity index (χ2v) is 8.43. The quantitative estimate of drug-likeness (QED) is 0.330. The van der Waals surface area contributed by atoms with Gasteiger partial charge in [-0.15, -0.1) is 0 Å². The lowest BCUT2D eigenvalue weighted by atomic mass is 9.99. The lowest BCUT2D eigenvalue weighted by molar-refractivity contribution is 0.254. The van der Waals surface area contributed by atoms with E-state index in [0.29, 0.717) is 22.6 Å². The van der Waals surface area contributed by atoms with Crippen molar-refractivity contribution < 1.29 is 4.79 Å². The van der Waals surface area contributed by atoms with E-state index in [-0.39, 0.29) is 0 Å². The van der Waals surface area contributed by atoms with E-state index in [1.165, 1.54) is 12.8 Å². The maximum Gasteiger partial charge on any atom is 0.337 e. The fourth-order valence-electron chi connectivity index (χ4n) is 3.79. The number of fused-ring (bicyclic) bond motifs is 1. The molecule has 31 heavy (non-hydrogen) atoms. The highest BCUT2D eigenvalue weighted by Crippen LogP contribution is 2.23. The molecule has 0 spiro atoms. The van der Waals surface area contributed by atoms with Crippen molar-refractivity contribution in [3.8, 4) is 0 Å². The molecule has 0 aromatic carbocycles. The number of amides is 2. The van der Waals surface area contributed by atoms with Gasteiger partial charge in [0, 0.05) is 23.8 Å². The lowest BCUT2D eigenvalue weighted by Crippen LogP contribution is -2.34. The summed E-state index contributed by atoms with van der Waals surface area (Å²) in [6, 6.07) is 4.94. The fraction of sp³-hybridized carbons (Fsp3) is 0.455. The Bertz CT molecular complexity index is 1080. The van der Waals surface area contributed by atoms with Crippen LogP contribution in [0.1, 0.15) is 50.1 Å². The molecule has 3 aromatic rings. The zero-order chi connectivity index (χ0) is 22.5. The average Bonchev–Trinajstić information content (AvgIpc) is 2.98. The van der Waals surface area contributed by atoms with E-state index >= 15 is 0 Å². The van der Waals surface area contributed by atoms with Crippen molar-refractivity contribution in [2.45, 2.75) is 53.4 Å².